The molecule has 0 saturated heterocycles. The van der Waals surface area contributed by atoms with E-state index in [1.54, 1.807) is 0 Å². The molecule has 2 aliphatic rings. The monoisotopic (exact) mass is 322 g/mol. The van der Waals surface area contributed by atoms with E-state index in [1.807, 2.05) is 0 Å². The van der Waals surface area contributed by atoms with E-state index >= 15 is 0 Å². The number of carbonyl (C=O) groups excluding carboxylic acids is 1. The molecule has 0 spiro atoms. The molecular weight excluding hydrogens is 284 g/mol. The number of hydrogen-bond donors (Lipinski definition) is 0. The number of esters is 1. The van der Waals surface area contributed by atoms with E-state index in [0.717, 1.165) is 31.1 Å². The van der Waals surface area contributed by atoms with Crippen LogP contribution >= 0.6 is 0 Å². The van der Waals surface area contributed by atoms with Crippen molar-refractivity contribution in [3.8, 4) is 0 Å². The third-order valence-electron chi connectivity index (χ3n) is 6.30. The zero-order valence-electron chi connectivity index (χ0n) is 15.5. The molecule has 0 heterocycles. The maximum absolute atomic E-state index is 12.0. The molecule has 23 heavy (non-hydrogen) atoms. The molecule has 0 aromatic rings. The van der Waals surface area contributed by atoms with Crippen LogP contribution in [0.25, 0.3) is 0 Å². The molecule has 0 amide bonds. The van der Waals surface area contributed by atoms with Gasteiger partial charge in [-0.15, -0.1) is 0 Å². The Hall–Kier alpha value is -0.530. The number of hydrogen-bond acceptors (Lipinski definition) is 2. The predicted octanol–water partition coefficient (Wildman–Crippen LogP) is 6.28. The van der Waals surface area contributed by atoms with E-state index < -0.39 is 0 Å². The smallest absolute Gasteiger partial charge is 0.306 e. The first kappa shape index (κ1) is 18.8. The average Bonchev–Trinajstić information content (AvgIpc) is 2.59. The predicted molar refractivity (Wildman–Crippen MR) is 96.3 cm³/mol. The molecule has 2 heteroatoms. The summed E-state index contributed by atoms with van der Waals surface area (Å²) >= 11 is 0. The highest BCUT2D eigenvalue weighted by molar-refractivity contribution is 5.69. The Morgan fingerprint density at radius 3 is 2.26 bits per heavy atom. The Bertz CT molecular complexity index is 325. The Labute approximate surface area is 143 Å². The van der Waals surface area contributed by atoms with Crippen LogP contribution in [0.3, 0.4) is 0 Å². The zero-order chi connectivity index (χ0) is 16.5. The first-order valence-corrected chi connectivity index (χ1v) is 10.4. The van der Waals surface area contributed by atoms with Crippen molar-refractivity contribution in [1.29, 1.82) is 0 Å². The molecule has 0 radical (unpaired) electrons. The van der Waals surface area contributed by atoms with Gasteiger partial charge in [-0.1, -0.05) is 65.2 Å². The molecule has 0 aromatic carbocycles. The summed E-state index contributed by atoms with van der Waals surface area (Å²) in [5, 5.41) is 0. The molecule has 0 aliphatic heterocycles. The van der Waals surface area contributed by atoms with Crippen LogP contribution in [-0.2, 0) is 9.53 Å². The van der Waals surface area contributed by atoms with Gasteiger partial charge < -0.3 is 4.74 Å². The minimum absolute atomic E-state index is 0.0483. The van der Waals surface area contributed by atoms with Crippen LogP contribution in [0.2, 0.25) is 0 Å². The van der Waals surface area contributed by atoms with Crippen molar-refractivity contribution in [3.63, 3.8) is 0 Å². The van der Waals surface area contributed by atoms with Gasteiger partial charge in [0, 0.05) is 6.42 Å². The maximum atomic E-state index is 12.0. The van der Waals surface area contributed by atoms with Gasteiger partial charge in [-0.3, -0.25) is 4.79 Å². The van der Waals surface area contributed by atoms with Crippen LogP contribution in [-0.4, -0.2) is 12.1 Å². The van der Waals surface area contributed by atoms with Gasteiger partial charge in [-0.25, -0.2) is 0 Å². The van der Waals surface area contributed by atoms with E-state index in [1.165, 1.54) is 64.2 Å². The summed E-state index contributed by atoms with van der Waals surface area (Å²) in [7, 11) is 0. The Kier molecular flexibility index (Phi) is 8.47. The third kappa shape index (κ3) is 7.27. The third-order valence-corrected chi connectivity index (χ3v) is 6.30. The van der Waals surface area contributed by atoms with Crippen molar-refractivity contribution in [2.45, 2.75) is 110 Å². The maximum Gasteiger partial charge on any atom is 0.306 e. The fourth-order valence-electron chi connectivity index (χ4n) is 4.39. The summed E-state index contributed by atoms with van der Waals surface area (Å²) in [6.07, 6.45) is 17.6. The minimum atomic E-state index is 0.0483. The van der Waals surface area contributed by atoms with Crippen LogP contribution in [0.1, 0.15) is 104 Å². The van der Waals surface area contributed by atoms with E-state index in [4.69, 9.17) is 4.74 Å². The summed E-state index contributed by atoms with van der Waals surface area (Å²) in [6, 6.07) is 0. The Balaban J connectivity index is 1.52. The first-order chi connectivity index (χ1) is 11.2. The highest BCUT2D eigenvalue weighted by atomic mass is 16.5. The van der Waals surface area contributed by atoms with Gasteiger partial charge in [0.05, 0.1) is 0 Å². The second kappa shape index (κ2) is 10.4. The standard InChI is InChI=1S/C21H38O2/c1-3-18-12-14-19(15-13-18)11-9-17(2)10-16-21(22)23-20-7-5-4-6-8-20/h17-20H,3-16H2,1-2H3/t17?,18-,19-. The van der Waals surface area contributed by atoms with Crippen molar-refractivity contribution in [1.82, 2.24) is 0 Å². The molecule has 2 rings (SSSR count). The van der Waals surface area contributed by atoms with E-state index in [2.05, 4.69) is 13.8 Å². The van der Waals surface area contributed by atoms with Crippen LogP contribution in [0.5, 0.6) is 0 Å². The van der Waals surface area contributed by atoms with Crippen molar-refractivity contribution in [3.05, 3.63) is 0 Å². The molecule has 0 N–H and O–H groups in total. The highest BCUT2D eigenvalue weighted by Gasteiger charge is 2.21. The average molecular weight is 323 g/mol. The van der Waals surface area contributed by atoms with E-state index in [9.17, 15) is 4.79 Å². The van der Waals surface area contributed by atoms with Crippen LogP contribution in [0, 0.1) is 17.8 Å². The fraction of sp³-hybridized carbons (Fsp3) is 0.952. The summed E-state index contributed by atoms with van der Waals surface area (Å²) in [5.41, 5.74) is 0. The second-order valence-corrected chi connectivity index (χ2v) is 8.27. The molecule has 1 unspecified atom stereocenters. The lowest BCUT2D eigenvalue weighted by atomic mass is 9.78. The van der Waals surface area contributed by atoms with Gasteiger partial charge in [0.2, 0.25) is 0 Å². The van der Waals surface area contributed by atoms with Gasteiger partial charge >= 0.3 is 5.97 Å². The molecule has 1 atom stereocenters. The lowest BCUT2D eigenvalue weighted by molar-refractivity contribution is -0.150. The second-order valence-electron chi connectivity index (χ2n) is 8.27. The molecular formula is C21H38O2. The van der Waals surface area contributed by atoms with Crippen LogP contribution in [0.4, 0.5) is 0 Å². The van der Waals surface area contributed by atoms with Crippen molar-refractivity contribution in [2.24, 2.45) is 17.8 Å². The van der Waals surface area contributed by atoms with Gasteiger partial charge in [0.1, 0.15) is 6.10 Å². The van der Waals surface area contributed by atoms with E-state index in [0.29, 0.717) is 12.3 Å². The van der Waals surface area contributed by atoms with Gasteiger partial charge in [-0.05, 0) is 49.9 Å². The number of rotatable bonds is 8. The van der Waals surface area contributed by atoms with Crippen LogP contribution < -0.4 is 0 Å². The van der Waals surface area contributed by atoms with Gasteiger partial charge in [0.15, 0.2) is 0 Å². The van der Waals surface area contributed by atoms with Gasteiger partial charge in [-0.2, -0.15) is 0 Å². The topological polar surface area (TPSA) is 26.3 Å². The SMILES string of the molecule is CC[C@H]1CC[C@H](CCC(C)CCC(=O)OC2CCCCC2)CC1. The minimum Gasteiger partial charge on any atom is -0.462 e. The van der Waals surface area contributed by atoms with Crippen molar-refractivity contribution in [2.75, 3.05) is 0 Å². The molecule has 2 aliphatic carbocycles. The Morgan fingerprint density at radius 1 is 0.957 bits per heavy atom. The molecule has 2 nitrogen and oxygen atoms in total. The van der Waals surface area contributed by atoms with Crippen molar-refractivity contribution < 1.29 is 9.53 Å². The molecule has 0 bridgehead atoms. The highest BCUT2D eigenvalue weighted by Crippen LogP contribution is 2.34. The lowest BCUT2D eigenvalue weighted by Gasteiger charge is -2.28. The van der Waals surface area contributed by atoms with E-state index in [-0.39, 0.29) is 12.1 Å². The fourth-order valence-corrected chi connectivity index (χ4v) is 4.39. The summed E-state index contributed by atoms with van der Waals surface area (Å²) in [5.74, 6) is 2.66. The molecule has 134 valence electrons. The van der Waals surface area contributed by atoms with Crippen LogP contribution in [0.15, 0.2) is 0 Å². The van der Waals surface area contributed by atoms with Gasteiger partial charge in [0.25, 0.3) is 0 Å². The quantitative estimate of drug-likeness (QED) is 0.492. The lowest BCUT2D eigenvalue weighted by Crippen LogP contribution is -2.21. The largest absolute Gasteiger partial charge is 0.462 e. The zero-order valence-corrected chi connectivity index (χ0v) is 15.5. The summed E-state index contributed by atoms with van der Waals surface area (Å²) < 4.78 is 5.62. The Morgan fingerprint density at radius 2 is 1.61 bits per heavy atom. The summed E-state index contributed by atoms with van der Waals surface area (Å²) in [6.45, 7) is 4.64. The normalized spacial score (nSPS) is 27.6. The molecule has 2 saturated carbocycles. The molecule has 2 fully saturated rings. The number of carbonyl (C=O) groups is 1. The summed E-state index contributed by atoms with van der Waals surface area (Å²) in [4.78, 5) is 12.0. The van der Waals surface area contributed by atoms with Crippen molar-refractivity contribution >= 4 is 5.97 Å². The molecule has 0 aromatic heterocycles. The number of ether oxygens (including phenoxy) is 1. The first-order valence-electron chi connectivity index (χ1n) is 10.4.